The molecule has 17 nitrogen and oxygen atoms in total. The van der Waals surface area contributed by atoms with E-state index < -0.39 is 97.5 Å². The van der Waals surface area contributed by atoms with Crippen LogP contribution in [0.15, 0.2) is 0 Å². The molecule has 0 bridgehead atoms. The summed E-state index contributed by atoms with van der Waals surface area (Å²) in [5.74, 6) is -2.13. The molecule has 0 heterocycles. The number of ether oxygens (including phenoxy) is 4. The van der Waals surface area contributed by atoms with E-state index in [4.69, 9.17) is 37.0 Å². The number of carbonyl (C=O) groups excluding carboxylic acids is 4. The Bertz CT molecular complexity index is 1600. The van der Waals surface area contributed by atoms with Crippen LogP contribution >= 0.6 is 15.6 Å². The average molecular weight is 1230 g/mol. The van der Waals surface area contributed by atoms with Crippen molar-refractivity contribution in [2.24, 2.45) is 0 Å². The smallest absolute Gasteiger partial charge is 0.462 e. The van der Waals surface area contributed by atoms with Crippen molar-refractivity contribution in [3.63, 3.8) is 0 Å². The largest absolute Gasteiger partial charge is 0.472 e. The van der Waals surface area contributed by atoms with Gasteiger partial charge in [-0.05, 0) is 25.7 Å². The predicted molar refractivity (Wildman–Crippen MR) is 331 cm³/mol. The van der Waals surface area contributed by atoms with Gasteiger partial charge in [0.25, 0.3) is 0 Å². The molecular formula is C64H124O17P2. The number of unbranched alkanes of at least 4 members (excludes halogenated alkanes) is 39. The molecule has 19 heteroatoms. The summed E-state index contributed by atoms with van der Waals surface area (Å²) in [6, 6.07) is 0. The molecule has 83 heavy (non-hydrogen) atoms. The average Bonchev–Trinajstić information content (AvgIpc) is 3.46. The fourth-order valence-electron chi connectivity index (χ4n) is 9.63. The first kappa shape index (κ1) is 81.1. The Kier molecular flexibility index (Phi) is 57.7. The predicted octanol–water partition coefficient (Wildman–Crippen LogP) is 17.9. The minimum atomic E-state index is -4.94. The van der Waals surface area contributed by atoms with Gasteiger partial charge in [0.05, 0.1) is 26.4 Å². The standard InChI is InChI=1S/C64H124O17P2/c1-5-9-13-17-21-25-27-29-30-32-35-39-43-47-51-64(69)81-60(55-75-62(67)49-45-41-37-34-31-28-26-22-18-14-10-6-2)57-79-83(72,73)77-53-58(65)52-76-82(70,71)78-56-59(54-74-61(66)48-44-40-36-24-20-16-12-8-4)80-63(68)50-46-42-38-33-23-19-15-11-7-3/h58-60,65H,5-57H2,1-4H3,(H,70,71)(H,72,73)/t58-,59+,60+/m0/s1. The van der Waals surface area contributed by atoms with Gasteiger partial charge in [-0.3, -0.25) is 37.3 Å². The molecular weight excluding hydrogens is 1100 g/mol. The molecule has 0 aliphatic carbocycles. The number of hydrogen-bond acceptors (Lipinski definition) is 15. The highest BCUT2D eigenvalue weighted by Gasteiger charge is 2.30. The second-order valence-electron chi connectivity index (χ2n) is 23.2. The summed E-state index contributed by atoms with van der Waals surface area (Å²) in [7, 11) is -9.88. The molecule has 0 amide bonds. The first-order valence-electron chi connectivity index (χ1n) is 33.8. The monoisotopic (exact) mass is 1230 g/mol. The fourth-order valence-corrected chi connectivity index (χ4v) is 11.2. The van der Waals surface area contributed by atoms with E-state index in [2.05, 4.69) is 27.7 Å². The summed E-state index contributed by atoms with van der Waals surface area (Å²) < 4.78 is 67.9. The molecule has 3 N–H and O–H groups in total. The van der Waals surface area contributed by atoms with Crippen molar-refractivity contribution in [2.45, 2.75) is 348 Å². The second-order valence-corrected chi connectivity index (χ2v) is 26.1. The van der Waals surface area contributed by atoms with Gasteiger partial charge < -0.3 is 33.8 Å². The van der Waals surface area contributed by atoms with Gasteiger partial charge in [-0.15, -0.1) is 0 Å². The van der Waals surface area contributed by atoms with Gasteiger partial charge in [-0.25, -0.2) is 9.13 Å². The number of hydrogen-bond donors (Lipinski definition) is 3. The van der Waals surface area contributed by atoms with Crippen LogP contribution in [-0.4, -0.2) is 96.7 Å². The molecule has 0 aliphatic heterocycles. The molecule has 5 atom stereocenters. The number of aliphatic hydroxyl groups excluding tert-OH is 1. The zero-order chi connectivity index (χ0) is 61.2. The SMILES string of the molecule is CCCCCCCCCCCCCCCCC(=O)O[C@H](COC(=O)CCCCCCCCCCCCCC)COP(=O)(O)OC[C@@H](O)COP(=O)(O)OC[C@@H](COC(=O)CCCCCCCCCC)OC(=O)CCCCCCCCCCC. The van der Waals surface area contributed by atoms with Crippen LogP contribution in [0, 0.1) is 0 Å². The van der Waals surface area contributed by atoms with Crippen molar-refractivity contribution in [1.82, 2.24) is 0 Å². The van der Waals surface area contributed by atoms with Crippen molar-refractivity contribution in [2.75, 3.05) is 39.6 Å². The number of esters is 4. The molecule has 0 aromatic carbocycles. The van der Waals surface area contributed by atoms with Crippen molar-refractivity contribution in [3.05, 3.63) is 0 Å². The molecule has 0 spiro atoms. The number of carbonyl (C=O) groups is 4. The van der Waals surface area contributed by atoms with Crippen LogP contribution in [-0.2, 0) is 65.4 Å². The van der Waals surface area contributed by atoms with Gasteiger partial charge >= 0.3 is 39.5 Å². The highest BCUT2D eigenvalue weighted by atomic mass is 31.2. The van der Waals surface area contributed by atoms with Gasteiger partial charge in [0.1, 0.15) is 19.3 Å². The quantitative estimate of drug-likeness (QED) is 0.0222. The van der Waals surface area contributed by atoms with Crippen LogP contribution in [0.4, 0.5) is 0 Å². The molecule has 0 aromatic heterocycles. The van der Waals surface area contributed by atoms with Gasteiger partial charge in [0.2, 0.25) is 0 Å². The minimum absolute atomic E-state index is 0.106. The first-order chi connectivity index (χ1) is 40.2. The molecule has 492 valence electrons. The van der Waals surface area contributed by atoms with E-state index in [-0.39, 0.29) is 25.7 Å². The Hall–Kier alpha value is -1.94. The normalized spacial score (nSPS) is 14.2. The number of phosphoric acid groups is 2. The Morgan fingerprint density at radius 3 is 0.711 bits per heavy atom. The Morgan fingerprint density at radius 1 is 0.289 bits per heavy atom. The molecule has 0 fully saturated rings. The van der Waals surface area contributed by atoms with E-state index in [9.17, 15) is 43.2 Å². The Labute approximate surface area is 505 Å². The summed E-state index contributed by atoms with van der Waals surface area (Å²) in [5, 5.41) is 10.5. The molecule has 0 radical (unpaired) electrons. The van der Waals surface area contributed by atoms with Gasteiger partial charge in [0, 0.05) is 25.7 Å². The number of rotatable bonds is 65. The second kappa shape index (κ2) is 59.0. The lowest BCUT2D eigenvalue weighted by atomic mass is 10.0. The molecule has 0 rings (SSSR count). The summed E-state index contributed by atoms with van der Waals surface area (Å²) in [5.41, 5.74) is 0. The number of aliphatic hydroxyl groups is 1. The molecule has 2 unspecified atom stereocenters. The third kappa shape index (κ3) is 58.8. The summed E-state index contributed by atoms with van der Waals surface area (Å²) in [6.45, 7) is 4.86. The fraction of sp³-hybridized carbons (Fsp3) is 0.938. The Balaban J connectivity index is 5.21. The van der Waals surface area contributed by atoms with Crippen molar-refractivity contribution < 1.29 is 80.2 Å². The summed E-state index contributed by atoms with van der Waals surface area (Å²) in [6.07, 6.45) is 44.4. The molecule has 0 saturated heterocycles. The highest BCUT2D eigenvalue weighted by Crippen LogP contribution is 2.45. The van der Waals surface area contributed by atoms with E-state index >= 15 is 0 Å². The van der Waals surface area contributed by atoms with Crippen molar-refractivity contribution in [1.29, 1.82) is 0 Å². The maximum atomic E-state index is 13.0. The first-order valence-corrected chi connectivity index (χ1v) is 36.8. The van der Waals surface area contributed by atoms with E-state index in [1.807, 2.05) is 0 Å². The zero-order valence-corrected chi connectivity index (χ0v) is 54.9. The Morgan fingerprint density at radius 2 is 0.482 bits per heavy atom. The van der Waals surface area contributed by atoms with Crippen LogP contribution in [0.2, 0.25) is 0 Å². The van der Waals surface area contributed by atoms with E-state index in [1.165, 1.54) is 154 Å². The molecule has 0 aliphatic rings. The van der Waals surface area contributed by atoms with Crippen LogP contribution in [0.3, 0.4) is 0 Å². The maximum Gasteiger partial charge on any atom is 0.472 e. The molecule has 0 saturated carbocycles. The minimum Gasteiger partial charge on any atom is -0.462 e. The van der Waals surface area contributed by atoms with E-state index in [1.54, 1.807) is 0 Å². The van der Waals surface area contributed by atoms with Crippen molar-refractivity contribution in [3.8, 4) is 0 Å². The van der Waals surface area contributed by atoms with Crippen molar-refractivity contribution >= 4 is 39.5 Å². The lowest BCUT2D eigenvalue weighted by Gasteiger charge is -2.21. The van der Waals surface area contributed by atoms with Gasteiger partial charge in [-0.2, -0.15) is 0 Å². The van der Waals surface area contributed by atoms with E-state index in [0.717, 1.165) is 96.3 Å². The molecule has 0 aromatic rings. The van der Waals surface area contributed by atoms with Gasteiger partial charge in [0.15, 0.2) is 12.2 Å². The van der Waals surface area contributed by atoms with Crippen LogP contribution < -0.4 is 0 Å². The zero-order valence-electron chi connectivity index (χ0n) is 53.2. The maximum absolute atomic E-state index is 13.0. The number of phosphoric ester groups is 2. The summed E-state index contributed by atoms with van der Waals surface area (Å²) in [4.78, 5) is 72.1. The third-order valence-corrected chi connectivity index (χ3v) is 16.8. The van der Waals surface area contributed by atoms with Gasteiger partial charge in [-0.1, -0.05) is 278 Å². The summed E-state index contributed by atoms with van der Waals surface area (Å²) >= 11 is 0. The topological polar surface area (TPSA) is 237 Å². The third-order valence-electron chi connectivity index (χ3n) is 14.9. The lowest BCUT2D eigenvalue weighted by molar-refractivity contribution is -0.161. The lowest BCUT2D eigenvalue weighted by Crippen LogP contribution is -2.30. The van der Waals surface area contributed by atoms with Crippen LogP contribution in [0.25, 0.3) is 0 Å². The van der Waals surface area contributed by atoms with Crippen LogP contribution in [0.1, 0.15) is 329 Å². The van der Waals surface area contributed by atoms with E-state index in [0.29, 0.717) is 25.7 Å². The highest BCUT2D eigenvalue weighted by molar-refractivity contribution is 7.47. The van der Waals surface area contributed by atoms with Crippen LogP contribution in [0.5, 0.6) is 0 Å².